The number of anilines is 1. The lowest BCUT2D eigenvalue weighted by Crippen LogP contribution is -2.16. The number of ether oxygens (including phenoxy) is 1. The number of aromatic nitrogens is 3. The Labute approximate surface area is 237 Å². The zero-order chi connectivity index (χ0) is 29.3. The molecular formula is C29H25F2N5O4S. The number of amides is 2. The SMILES string of the molecule is C=CCc1ccccc1OCc1ccc(C(=O)Nc2c(C(N)=O)sc3nc(C(F)F)cc(-c4cn(C)nc4C)c23)o1. The van der Waals surface area contributed by atoms with Gasteiger partial charge < -0.3 is 20.2 Å². The van der Waals surface area contributed by atoms with Gasteiger partial charge in [-0.1, -0.05) is 24.3 Å². The number of allylic oxidation sites excluding steroid dienone is 1. The lowest BCUT2D eigenvalue weighted by Gasteiger charge is -2.10. The molecule has 12 heteroatoms. The van der Waals surface area contributed by atoms with Crippen molar-refractivity contribution in [1.29, 1.82) is 0 Å². The second-order valence-electron chi connectivity index (χ2n) is 9.16. The van der Waals surface area contributed by atoms with Gasteiger partial charge in [-0.2, -0.15) is 5.10 Å². The van der Waals surface area contributed by atoms with Crippen LogP contribution in [0.25, 0.3) is 21.3 Å². The smallest absolute Gasteiger partial charge is 0.291 e. The number of nitrogens with two attached hydrogens (primary N) is 1. The van der Waals surface area contributed by atoms with Crippen LogP contribution in [0.1, 0.15) is 49.4 Å². The largest absolute Gasteiger partial charge is 0.485 e. The highest BCUT2D eigenvalue weighted by Gasteiger charge is 2.27. The fourth-order valence-corrected chi connectivity index (χ4v) is 5.48. The Hall–Kier alpha value is -4.84. The van der Waals surface area contributed by atoms with Gasteiger partial charge in [0, 0.05) is 24.2 Å². The summed E-state index contributed by atoms with van der Waals surface area (Å²) in [5.74, 6) is -0.503. The van der Waals surface area contributed by atoms with Gasteiger partial charge in [-0.25, -0.2) is 13.8 Å². The molecule has 0 aliphatic carbocycles. The number of carbonyl (C=O) groups excluding carboxylic acids is 2. The Bertz CT molecular complexity index is 1790. The van der Waals surface area contributed by atoms with Crippen LogP contribution in [0, 0.1) is 6.92 Å². The zero-order valence-corrected chi connectivity index (χ0v) is 22.9. The van der Waals surface area contributed by atoms with Crippen LogP contribution in [-0.2, 0) is 20.1 Å². The van der Waals surface area contributed by atoms with Crippen molar-refractivity contribution >= 4 is 39.1 Å². The van der Waals surface area contributed by atoms with Gasteiger partial charge in [0.05, 0.1) is 11.4 Å². The monoisotopic (exact) mass is 577 g/mol. The molecule has 5 rings (SSSR count). The van der Waals surface area contributed by atoms with Crippen molar-refractivity contribution in [2.45, 2.75) is 26.4 Å². The molecule has 0 saturated heterocycles. The second kappa shape index (κ2) is 11.3. The van der Waals surface area contributed by atoms with Crippen molar-refractivity contribution in [2.75, 3.05) is 5.32 Å². The molecule has 0 radical (unpaired) electrons. The number of aryl methyl sites for hydroxylation is 2. The molecule has 9 nitrogen and oxygen atoms in total. The van der Waals surface area contributed by atoms with Gasteiger partial charge in [0.1, 0.15) is 33.5 Å². The molecule has 2 amide bonds. The van der Waals surface area contributed by atoms with E-state index in [9.17, 15) is 18.4 Å². The summed E-state index contributed by atoms with van der Waals surface area (Å²) in [4.78, 5) is 29.8. The quantitative estimate of drug-likeness (QED) is 0.191. The summed E-state index contributed by atoms with van der Waals surface area (Å²) >= 11 is 0.820. The van der Waals surface area contributed by atoms with E-state index in [2.05, 4.69) is 22.0 Å². The minimum atomic E-state index is -2.86. The maximum atomic E-state index is 13.8. The molecule has 0 saturated carbocycles. The fourth-order valence-electron chi connectivity index (χ4n) is 4.47. The molecule has 5 aromatic rings. The number of carbonyl (C=O) groups is 2. The van der Waals surface area contributed by atoms with Crippen LogP contribution in [0.4, 0.5) is 14.5 Å². The van der Waals surface area contributed by atoms with E-state index in [1.807, 2.05) is 24.3 Å². The van der Waals surface area contributed by atoms with Crippen LogP contribution in [-0.4, -0.2) is 26.6 Å². The molecule has 0 bridgehead atoms. The number of fused-ring (bicyclic) bond motifs is 1. The van der Waals surface area contributed by atoms with Crippen molar-refractivity contribution in [3.05, 3.63) is 94.7 Å². The maximum Gasteiger partial charge on any atom is 0.291 e. The molecule has 1 aromatic carbocycles. The molecule has 0 aliphatic rings. The molecular weight excluding hydrogens is 552 g/mol. The van der Waals surface area contributed by atoms with Crippen LogP contribution in [0.2, 0.25) is 0 Å². The van der Waals surface area contributed by atoms with Crippen molar-refractivity contribution in [1.82, 2.24) is 14.8 Å². The Balaban J connectivity index is 1.49. The van der Waals surface area contributed by atoms with E-state index in [-0.39, 0.29) is 27.8 Å². The topological polar surface area (TPSA) is 125 Å². The average molecular weight is 578 g/mol. The highest BCUT2D eigenvalue weighted by atomic mass is 32.1. The standard InChI is InChI=1S/C29H25F2N5O4S/c1-4-7-16-8-5-6-9-21(16)39-14-17-10-11-22(40-17)28(38)34-24-23-18(19-13-36(3)35-15(19)2)12-20(26(30)31)33-29(23)41-25(24)27(32)37/h4-6,8-13,26H,1,7,14H2,2-3H3,(H2,32,37)(H,34,38). The second-order valence-corrected chi connectivity index (χ2v) is 10.2. The highest BCUT2D eigenvalue weighted by molar-refractivity contribution is 7.21. The van der Waals surface area contributed by atoms with Gasteiger partial charge in [0.25, 0.3) is 18.2 Å². The first kappa shape index (κ1) is 27.7. The fraction of sp³-hybridized carbons (Fsp3) is 0.172. The van der Waals surface area contributed by atoms with Crippen molar-refractivity contribution in [3.63, 3.8) is 0 Å². The molecule has 0 spiro atoms. The van der Waals surface area contributed by atoms with E-state index in [1.165, 1.54) is 12.1 Å². The summed E-state index contributed by atoms with van der Waals surface area (Å²) < 4.78 is 40.7. The van der Waals surface area contributed by atoms with Gasteiger partial charge in [0.2, 0.25) is 0 Å². The first-order chi connectivity index (χ1) is 19.7. The van der Waals surface area contributed by atoms with Crippen LogP contribution in [0.3, 0.4) is 0 Å². The van der Waals surface area contributed by atoms with E-state index in [1.54, 1.807) is 37.0 Å². The number of rotatable bonds is 10. The number of nitrogens with one attached hydrogen (secondary N) is 1. The summed E-state index contributed by atoms with van der Waals surface area (Å²) in [6, 6.07) is 11.8. The van der Waals surface area contributed by atoms with E-state index >= 15 is 0 Å². The van der Waals surface area contributed by atoms with Crippen LogP contribution >= 0.6 is 11.3 Å². The Kier molecular flexibility index (Phi) is 7.66. The summed E-state index contributed by atoms with van der Waals surface area (Å²) in [6.45, 7) is 5.55. The van der Waals surface area contributed by atoms with E-state index in [0.717, 1.165) is 16.9 Å². The number of benzene rings is 1. The molecule has 3 N–H and O–H groups in total. The predicted molar refractivity (Wildman–Crippen MR) is 151 cm³/mol. The van der Waals surface area contributed by atoms with E-state index in [0.29, 0.717) is 40.1 Å². The van der Waals surface area contributed by atoms with Crippen molar-refractivity contribution in [3.8, 4) is 16.9 Å². The number of thiophene rings is 1. The summed E-state index contributed by atoms with van der Waals surface area (Å²) in [7, 11) is 1.70. The van der Waals surface area contributed by atoms with Crippen LogP contribution in [0.5, 0.6) is 5.75 Å². The average Bonchev–Trinajstić information content (AvgIpc) is 3.65. The zero-order valence-electron chi connectivity index (χ0n) is 22.1. The van der Waals surface area contributed by atoms with E-state index < -0.39 is 23.9 Å². The lowest BCUT2D eigenvalue weighted by atomic mass is 10.0. The minimum Gasteiger partial charge on any atom is -0.485 e. The number of nitrogens with zero attached hydrogens (tertiary/aromatic N) is 3. The maximum absolute atomic E-state index is 13.8. The summed E-state index contributed by atoms with van der Waals surface area (Å²) in [6.07, 6.45) is 1.21. The summed E-state index contributed by atoms with van der Waals surface area (Å²) in [5.41, 5.74) is 7.61. The Morgan fingerprint density at radius 2 is 2.02 bits per heavy atom. The van der Waals surface area contributed by atoms with Crippen LogP contribution in [0.15, 0.2) is 65.7 Å². The Morgan fingerprint density at radius 1 is 1.24 bits per heavy atom. The van der Waals surface area contributed by atoms with Gasteiger partial charge in [-0.05, 0) is 48.7 Å². The third-order valence-electron chi connectivity index (χ3n) is 6.26. The predicted octanol–water partition coefficient (Wildman–Crippen LogP) is 6.19. The van der Waals surface area contributed by atoms with Crippen molar-refractivity contribution < 1.29 is 27.5 Å². The van der Waals surface area contributed by atoms with E-state index in [4.69, 9.17) is 14.9 Å². The van der Waals surface area contributed by atoms with Gasteiger partial charge in [-0.3, -0.25) is 14.3 Å². The molecule has 41 heavy (non-hydrogen) atoms. The van der Waals surface area contributed by atoms with Crippen molar-refractivity contribution in [2.24, 2.45) is 12.8 Å². The molecule has 0 unspecified atom stereocenters. The highest BCUT2D eigenvalue weighted by Crippen LogP contribution is 2.43. The molecule has 4 aromatic heterocycles. The molecule has 0 aliphatic heterocycles. The number of hydrogen-bond donors (Lipinski definition) is 2. The number of alkyl halides is 2. The van der Waals surface area contributed by atoms with Gasteiger partial charge in [-0.15, -0.1) is 17.9 Å². The minimum absolute atomic E-state index is 0.0380. The number of hydrogen-bond acceptors (Lipinski definition) is 7. The number of para-hydroxylation sites is 1. The summed E-state index contributed by atoms with van der Waals surface area (Å²) in [5, 5.41) is 7.31. The normalized spacial score (nSPS) is 11.2. The first-order valence-corrected chi connectivity index (χ1v) is 13.3. The molecule has 0 fully saturated rings. The van der Waals surface area contributed by atoms with Crippen LogP contribution < -0.4 is 15.8 Å². The number of furan rings is 1. The number of halogens is 2. The van der Waals surface area contributed by atoms with Gasteiger partial charge in [0.15, 0.2) is 5.76 Å². The molecule has 210 valence electrons. The lowest BCUT2D eigenvalue weighted by molar-refractivity contribution is 0.0992. The molecule has 4 heterocycles. The third-order valence-corrected chi connectivity index (χ3v) is 7.36. The first-order valence-electron chi connectivity index (χ1n) is 12.4. The molecule has 0 atom stereocenters. The Morgan fingerprint density at radius 3 is 2.71 bits per heavy atom. The number of primary amides is 1. The third kappa shape index (κ3) is 5.59. The number of pyridine rings is 1. The van der Waals surface area contributed by atoms with Gasteiger partial charge >= 0.3 is 0 Å².